The second-order valence-electron chi connectivity index (χ2n) is 7.97. The van der Waals surface area contributed by atoms with E-state index in [0.717, 1.165) is 25.3 Å². The van der Waals surface area contributed by atoms with Crippen LogP contribution in [0.2, 0.25) is 5.02 Å². The van der Waals surface area contributed by atoms with Crippen LogP contribution in [-0.4, -0.2) is 28.8 Å². The number of carbonyl (C=O) groups is 2. The first-order valence-corrected chi connectivity index (χ1v) is 9.43. The summed E-state index contributed by atoms with van der Waals surface area (Å²) in [7, 11) is 0. The molecule has 28 heavy (non-hydrogen) atoms. The van der Waals surface area contributed by atoms with Crippen LogP contribution < -0.4 is 10.1 Å². The van der Waals surface area contributed by atoms with Gasteiger partial charge in [0.2, 0.25) is 5.78 Å². The van der Waals surface area contributed by atoms with E-state index in [4.69, 9.17) is 20.8 Å². The fourth-order valence-corrected chi connectivity index (χ4v) is 4.69. The lowest BCUT2D eigenvalue weighted by molar-refractivity contribution is -0.164. The van der Waals surface area contributed by atoms with E-state index in [0.29, 0.717) is 23.8 Å². The molecule has 0 atom stereocenters. The highest BCUT2D eigenvalue weighted by molar-refractivity contribution is 6.30. The van der Waals surface area contributed by atoms with Gasteiger partial charge in [-0.2, -0.15) is 0 Å². The van der Waals surface area contributed by atoms with Gasteiger partial charge in [0.15, 0.2) is 18.3 Å². The zero-order valence-corrected chi connectivity index (χ0v) is 16.4. The maximum absolute atomic E-state index is 13.4. The number of halogens is 2. The number of Topliss-reactive ketones (excluding diaryl/α,β-unsaturated/α-hetero) is 1. The molecule has 6 nitrogen and oxygen atoms in total. The lowest BCUT2D eigenvalue weighted by atomic mass is 9.38. The van der Waals surface area contributed by atoms with Crippen molar-refractivity contribution in [2.75, 3.05) is 6.61 Å². The van der Waals surface area contributed by atoms with Gasteiger partial charge < -0.3 is 14.5 Å². The number of hydrogen-bond donors (Lipinski definition) is 1. The Morgan fingerprint density at radius 1 is 1.32 bits per heavy atom. The van der Waals surface area contributed by atoms with Gasteiger partial charge in [0.25, 0.3) is 5.91 Å². The Kier molecular flexibility index (Phi) is 4.45. The van der Waals surface area contributed by atoms with E-state index in [9.17, 15) is 14.0 Å². The fourth-order valence-electron chi connectivity index (χ4n) is 4.58. The standard InChI is InChI=1S/C20H20ClFN2O4/c1-11-18(28-12(2)23-11)16(25)6-19-8-20(9-19,10-19)24-17(26)7-27-13-3-4-14(21)15(22)5-13/h3-5H,6-10H2,1-2H3,(H,24,26). The van der Waals surface area contributed by atoms with Gasteiger partial charge >= 0.3 is 0 Å². The van der Waals surface area contributed by atoms with Crippen LogP contribution in [0.15, 0.2) is 22.6 Å². The van der Waals surface area contributed by atoms with Crippen molar-refractivity contribution in [3.63, 3.8) is 0 Å². The SMILES string of the molecule is Cc1nc(C)c(C(=O)CC23CC(NC(=O)COc4ccc(Cl)c(F)c4)(C2)C3)o1. The number of aromatic nitrogens is 1. The summed E-state index contributed by atoms with van der Waals surface area (Å²) in [6.45, 7) is 3.28. The molecule has 0 spiro atoms. The van der Waals surface area contributed by atoms with Crippen LogP contribution >= 0.6 is 11.6 Å². The Morgan fingerprint density at radius 2 is 2.04 bits per heavy atom. The molecule has 3 saturated carbocycles. The van der Waals surface area contributed by atoms with E-state index < -0.39 is 5.82 Å². The van der Waals surface area contributed by atoms with Gasteiger partial charge in [-0.15, -0.1) is 0 Å². The Bertz CT molecular complexity index is 951. The van der Waals surface area contributed by atoms with Crippen LogP contribution in [0.1, 0.15) is 47.8 Å². The van der Waals surface area contributed by atoms with E-state index in [-0.39, 0.29) is 40.0 Å². The van der Waals surface area contributed by atoms with Gasteiger partial charge in [-0.3, -0.25) is 9.59 Å². The quantitative estimate of drug-likeness (QED) is 0.708. The average Bonchev–Trinajstić information content (AvgIpc) is 2.91. The van der Waals surface area contributed by atoms with Gasteiger partial charge in [-0.25, -0.2) is 9.37 Å². The molecular formula is C20H20ClFN2O4. The molecule has 3 fully saturated rings. The Hall–Kier alpha value is -2.41. The smallest absolute Gasteiger partial charge is 0.258 e. The molecule has 0 unspecified atom stereocenters. The molecule has 2 bridgehead atoms. The number of nitrogens with zero attached hydrogens (tertiary/aromatic N) is 1. The van der Waals surface area contributed by atoms with Crippen LogP contribution in [0.25, 0.3) is 0 Å². The summed E-state index contributed by atoms with van der Waals surface area (Å²) in [5, 5.41) is 2.98. The summed E-state index contributed by atoms with van der Waals surface area (Å²) in [6.07, 6.45) is 2.69. The largest absolute Gasteiger partial charge is 0.484 e. The molecule has 3 aliphatic rings. The van der Waals surface area contributed by atoms with Gasteiger partial charge in [-0.05, 0) is 43.7 Å². The van der Waals surface area contributed by atoms with Crippen molar-refractivity contribution in [1.82, 2.24) is 10.3 Å². The maximum Gasteiger partial charge on any atom is 0.258 e. The number of amides is 1. The first-order chi connectivity index (χ1) is 13.2. The topological polar surface area (TPSA) is 81.4 Å². The molecule has 0 saturated heterocycles. The third kappa shape index (κ3) is 3.39. The summed E-state index contributed by atoms with van der Waals surface area (Å²) in [5.41, 5.74) is 0.309. The summed E-state index contributed by atoms with van der Waals surface area (Å²) >= 11 is 5.62. The third-order valence-electron chi connectivity index (χ3n) is 5.50. The van der Waals surface area contributed by atoms with Crippen molar-refractivity contribution >= 4 is 23.3 Å². The summed E-state index contributed by atoms with van der Waals surface area (Å²) in [5.74, 6) is 0.173. The van der Waals surface area contributed by atoms with Crippen LogP contribution in [0, 0.1) is 25.1 Å². The maximum atomic E-state index is 13.4. The van der Waals surface area contributed by atoms with Crippen molar-refractivity contribution in [3.8, 4) is 5.75 Å². The lowest BCUT2D eigenvalue weighted by Gasteiger charge is -2.70. The second-order valence-corrected chi connectivity index (χ2v) is 8.38. The van der Waals surface area contributed by atoms with Gasteiger partial charge in [0.1, 0.15) is 11.6 Å². The van der Waals surface area contributed by atoms with Crippen LogP contribution in [0.3, 0.4) is 0 Å². The zero-order valence-electron chi connectivity index (χ0n) is 15.6. The predicted octanol–water partition coefficient (Wildman–Crippen LogP) is 3.77. The van der Waals surface area contributed by atoms with Gasteiger partial charge in [0.05, 0.1) is 10.7 Å². The van der Waals surface area contributed by atoms with E-state index in [1.165, 1.54) is 12.1 Å². The van der Waals surface area contributed by atoms with Gasteiger partial charge in [0, 0.05) is 24.9 Å². The van der Waals surface area contributed by atoms with Crippen LogP contribution in [-0.2, 0) is 4.79 Å². The number of ketones is 1. The molecule has 3 aliphatic carbocycles. The Balaban J connectivity index is 1.25. The molecule has 2 aromatic rings. The molecule has 0 aliphatic heterocycles. The highest BCUT2D eigenvalue weighted by atomic mass is 35.5. The first-order valence-electron chi connectivity index (χ1n) is 9.05. The number of ether oxygens (including phenoxy) is 1. The van der Waals surface area contributed by atoms with Crippen molar-refractivity contribution in [1.29, 1.82) is 0 Å². The van der Waals surface area contributed by atoms with Crippen LogP contribution in [0.4, 0.5) is 4.39 Å². The normalized spacial score (nSPS) is 24.9. The molecular weight excluding hydrogens is 387 g/mol. The van der Waals surface area contributed by atoms with Crippen molar-refractivity contribution in [2.45, 2.75) is 45.1 Å². The molecule has 1 amide bonds. The van der Waals surface area contributed by atoms with E-state index in [1.807, 2.05) is 0 Å². The molecule has 8 heteroatoms. The second kappa shape index (κ2) is 6.58. The molecule has 1 aromatic heterocycles. The number of hydrogen-bond acceptors (Lipinski definition) is 5. The molecule has 148 valence electrons. The minimum atomic E-state index is -0.595. The Labute approximate surface area is 166 Å². The van der Waals surface area contributed by atoms with Crippen molar-refractivity contribution in [2.24, 2.45) is 5.41 Å². The minimum absolute atomic E-state index is 0.00111. The highest BCUT2D eigenvalue weighted by Crippen LogP contribution is 2.69. The summed E-state index contributed by atoms with van der Waals surface area (Å²) in [6, 6.07) is 4.03. The van der Waals surface area contributed by atoms with E-state index >= 15 is 0 Å². The monoisotopic (exact) mass is 406 g/mol. The number of rotatable bonds is 7. The number of aryl methyl sites for hydroxylation is 2. The lowest BCUT2D eigenvalue weighted by Crippen LogP contribution is -2.75. The highest BCUT2D eigenvalue weighted by Gasteiger charge is 2.68. The molecule has 5 rings (SSSR count). The number of nitrogens with one attached hydrogen (secondary N) is 1. The third-order valence-corrected chi connectivity index (χ3v) is 5.80. The molecule has 1 aromatic carbocycles. The van der Waals surface area contributed by atoms with E-state index in [1.54, 1.807) is 13.8 Å². The predicted molar refractivity (Wildman–Crippen MR) is 99.0 cm³/mol. The summed E-state index contributed by atoms with van der Waals surface area (Å²) < 4.78 is 24.1. The Morgan fingerprint density at radius 3 is 2.64 bits per heavy atom. The average molecular weight is 407 g/mol. The van der Waals surface area contributed by atoms with E-state index in [2.05, 4.69) is 10.3 Å². The summed E-state index contributed by atoms with van der Waals surface area (Å²) in [4.78, 5) is 28.8. The number of carbonyl (C=O) groups excluding carboxylic acids is 2. The van der Waals surface area contributed by atoms with Crippen LogP contribution in [0.5, 0.6) is 5.75 Å². The van der Waals surface area contributed by atoms with Gasteiger partial charge in [-0.1, -0.05) is 11.6 Å². The van der Waals surface area contributed by atoms with Crippen molar-refractivity contribution in [3.05, 3.63) is 46.4 Å². The molecule has 0 radical (unpaired) electrons. The molecule has 1 N–H and O–H groups in total. The fraction of sp³-hybridized carbons (Fsp3) is 0.450. The number of benzene rings is 1. The zero-order chi connectivity index (χ0) is 20.1. The van der Waals surface area contributed by atoms with Crippen molar-refractivity contribution < 1.29 is 23.1 Å². The molecule has 1 heterocycles. The number of oxazole rings is 1. The minimum Gasteiger partial charge on any atom is -0.484 e. The first kappa shape index (κ1) is 18.9.